The maximum atomic E-state index is 11.5. The molecule has 0 spiro atoms. The fraction of sp³-hybridized carbons (Fsp3) is 0.462. The van der Waals surface area contributed by atoms with Gasteiger partial charge in [0.15, 0.2) is 0 Å². The highest BCUT2D eigenvalue weighted by Gasteiger charge is 2.15. The van der Waals surface area contributed by atoms with Gasteiger partial charge in [-0.15, -0.1) is 12.4 Å². The Labute approximate surface area is 109 Å². The molecule has 0 saturated heterocycles. The molecule has 0 fully saturated rings. The van der Waals surface area contributed by atoms with E-state index in [0.717, 1.165) is 5.56 Å². The second-order valence-electron chi connectivity index (χ2n) is 4.32. The molecule has 2 N–H and O–H groups in total. The van der Waals surface area contributed by atoms with E-state index < -0.39 is 6.04 Å². The van der Waals surface area contributed by atoms with Crippen LogP contribution in [0.15, 0.2) is 30.3 Å². The number of ether oxygens (including phenoxy) is 1. The molecule has 0 amide bonds. The number of esters is 1. The van der Waals surface area contributed by atoms with E-state index in [2.05, 4.69) is 0 Å². The zero-order valence-corrected chi connectivity index (χ0v) is 11.1. The molecule has 1 aromatic rings. The van der Waals surface area contributed by atoms with E-state index in [4.69, 9.17) is 10.5 Å². The second-order valence-corrected chi connectivity index (χ2v) is 4.32. The first-order chi connectivity index (χ1) is 7.59. The number of carbonyl (C=O) groups is 1. The Morgan fingerprint density at radius 2 is 1.88 bits per heavy atom. The number of hydrogen-bond acceptors (Lipinski definition) is 3. The molecule has 0 aliphatic heterocycles. The summed E-state index contributed by atoms with van der Waals surface area (Å²) in [4.78, 5) is 11.5. The van der Waals surface area contributed by atoms with Crippen LogP contribution in [0.3, 0.4) is 0 Å². The summed E-state index contributed by atoms with van der Waals surface area (Å²) in [5.41, 5.74) is 6.81. The van der Waals surface area contributed by atoms with Crippen molar-refractivity contribution in [3.8, 4) is 0 Å². The lowest BCUT2D eigenvalue weighted by Gasteiger charge is -2.12. The first-order valence-corrected chi connectivity index (χ1v) is 5.55. The number of nitrogens with two attached hydrogens (primary N) is 1. The van der Waals surface area contributed by atoms with Crippen LogP contribution in [0.2, 0.25) is 0 Å². The van der Waals surface area contributed by atoms with Gasteiger partial charge in [0.25, 0.3) is 0 Å². The molecule has 0 aliphatic rings. The Kier molecular flexibility index (Phi) is 7.59. The summed E-state index contributed by atoms with van der Waals surface area (Å²) < 4.78 is 5.07. The highest BCUT2D eigenvalue weighted by molar-refractivity contribution is 5.85. The van der Waals surface area contributed by atoms with Gasteiger partial charge in [-0.25, -0.2) is 0 Å². The molecule has 1 atom stereocenters. The normalized spacial score (nSPS) is 11.8. The number of benzene rings is 1. The summed E-state index contributed by atoms with van der Waals surface area (Å²) >= 11 is 0. The molecule has 0 saturated carbocycles. The van der Waals surface area contributed by atoms with Crippen LogP contribution in [0.25, 0.3) is 0 Å². The highest BCUT2D eigenvalue weighted by Crippen LogP contribution is 2.03. The van der Waals surface area contributed by atoms with Crippen LogP contribution >= 0.6 is 12.4 Å². The van der Waals surface area contributed by atoms with Crippen molar-refractivity contribution >= 4 is 18.4 Å². The summed E-state index contributed by atoms with van der Waals surface area (Å²) in [6.45, 7) is 4.42. The maximum Gasteiger partial charge on any atom is 0.323 e. The lowest BCUT2D eigenvalue weighted by atomic mass is 10.1. The van der Waals surface area contributed by atoms with Crippen molar-refractivity contribution in [2.45, 2.75) is 26.3 Å². The van der Waals surface area contributed by atoms with E-state index in [-0.39, 0.29) is 18.4 Å². The van der Waals surface area contributed by atoms with Crippen LogP contribution < -0.4 is 5.73 Å². The molecular formula is C13H20ClNO2. The van der Waals surface area contributed by atoms with Gasteiger partial charge in [0, 0.05) is 0 Å². The molecule has 4 heteroatoms. The fourth-order valence-electron chi connectivity index (χ4n) is 1.31. The molecule has 0 aromatic heterocycles. The van der Waals surface area contributed by atoms with Gasteiger partial charge in [-0.2, -0.15) is 0 Å². The van der Waals surface area contributed by atoms with Gasteiger partial charge in [0.05, 0.1) is 6.61 Å². The largest absolute Gasteiger partial charge is 0.464 e. The Bertz CT molecular complexity index is 327. The number of hydrogen-bond donors (Lipinski definition) is 1. The monoisotopic (exact) mass is 257 g/mol. The van der Waals surface area contributed by atoms with Crippen LogP contribution in [-0.2, 0) is 16.0 Å². The van der Waals surface area contributed by atoms with Crippen LogP contribution in [0.1, 0.15) is 19.4 Å². The van der Waals surface area contributed by atoms with Gasteiger partial charge >= 0.3 is 5.97 Å². The van der Waals surface area contributed by atoms with Gasteiger partial charge in [0.2, 0.25) is 0 Å². The molecule has 1 aromatic carbocycles. The van der Waals surface area contributed by atoms with Gasteiger partial charge in [-0.1, -0.05) is 44.2 Å². The van der Waals surface area contributed by atoms with E-state index >= 15 is 0 Å². The quantitative estimate of drug-likeness (QED) is 0.823. The van der Waals surface area contributed by atoms with Crippen molar-refractivity contribution in [1.29, 1.82) is 0 Å². The van der Waals surface area contributed by atoms with Crippen molar-refractivity contribution in [2.75, 3.05) is 6.61 Å². The summed E-state index contributed by atoms with van der Waals surface area (Å²) in [7, 11) is 0. The lowest BCUT2D eigenvalue weighted by Crippen LogP contribution is -2.35. The van der Waals surface area contributed by atoms with Crippen molar-refractivity contribution in [3.05, 3.63) is 35.9 Å². The summed E-state index contributed by atoms with van der Waals surface area (Å²) in [5.74, 6) is 0.0189. The van der Waals surface area contributed by atoms with Gasteiger partial charge in [0.1, 0.15) is 6.04 Å². The van der Waals surface area contributed by atoms with E-state index in [0.29, 0.717) is 18.9 Å². The number of carbonyl (C=O) groups excluding carboxylic acids is 1. The zero-order valence-electron chi connectivity index (χ0n) is 10.3. The third-order valence-corrected chi connectivity index (χ3v) is 2.16. The maximum absolute atomic E-state index is 11.5. The molecule has 0 unspecified atom stereocenters. The molecule has 96 valence electrons. The van der Waals surface area contributed by atoms with Crippen LogP contribution in [0.4, 0.5) is 0 Å². The zero-order chi connectivity index (χ0) is 12.0. The topological polar surface area (TPSA) is 52.3 Å². The molecule has 0 aliphatic carbocycles. The van der Waals surface area contributed by atoms with Crippen molar-refractivity contribution in [2.24, 2.45) is 11.7 Å². The van der Waals surface area contributed by atoms with Crippen molar-refractivity contribution in [3.63, 3.8) is 0 Å². The summed E-state index contributed by atoms with van der Waals surface area (Å²) in [6, 6.07) is 9.14. The Morgan fingerprint density at radius 1 is 1.29 bits per heavy atom. The van der Waals surface area contributed by atoms with Crippen molar-refractivity contribution < 1.29 is 9.53 Å². The standard InChI is InChI=1S/C13H19NO2.ClH/c1-10(2)9-16-13(15)12(14)8-11-6-4-3-5-7-11;/h3-7,10,12H,8-9,14H2,1-2H3;1H/t12-;/m0./s1. The minimum absolute atomic E-state index is 0. The number of rotatable bonds is 5. The minimum atomic E-state index is -0.568. The SMILES string of the molecule is CC(C)COC(=O)[C@@H](N)Cc1ccccc1.Cl. The molecule has 0 radical (unpaired) electrons. The Morgan fingerprint density at radius 3 is 2.41 bits per heavy atom. The van der Waals surface area contributed by atoms with Gasteiger partial charge in [-0.3, -0.25) is 4.79 Å². The first-order valence-electron chi connectivity index (χ1n) is 5.55. The highest BCUT2D eigenvalue weighted by atomic mass is 35.5. The van der Waals surface area contributed by atoms with E-state index in [1.165, 1.54) is 0 Å². The molecule has 0 heterocycles. The first kappa shape index (κ1) is 15.9. The third-order valence-electron chi connectivity index (χ3n) is 2.16. The predicted octanol–water partition coefficient (Wildman–Crippen LogP) is 2.18. The second kappa shape index (κ2) is 8.09. The van der Waals surface area contributed by atoms with Gasteiger partial charge < -0.3 is 10.5 Å². The van der Waals surface area contributed by atoms with Crippen LogP contribution in [0.5, 0.6) is 0 Å². The minimum Gasteiger partial charge on any atom is -0.464 e. The van der Waals surface area contributed by atoms with Crippen LogP contribution in [0, 0.1) is 5.92 Å². The van der Waals surface area contributed by atoms with Gasteiger partial charge in [-0.05, 0) is 17.9 Å². The van der Waals surface area contributed by atoms with E-state index in [1.54, 1.807) is 0 Å². The molecular weight excluding hydrogens is 238 g/mol. The number of halogens is 1. The smallest absolute Gasteiger partial charge is 0.323 e. The van der Waals surface area contributed by atoms with Crippen LogP contribution in [-0.4, -0.2) is 18.6 Å². The summed E-state index contributed by atoms with van der Waals surface area (Å²) in [6.07, 6.45) is 0.526. The average Bonchev–Trinajstić information content (AvgIpc) is 2.27. The third kappa shape index (κ3) is 6.29. The summed E-state index contributed by atoms with van der Waals surface area (Å²) in [5, 5.41) is 0. The Hall–Kier alpha value is -1.06. The molecule has 1 rings (SSSR count). The van der Waals surface area contributed by atoms with Crippen molar-refractivity contribution in [1.82, 2.24) is 0 Å². The lowest BCUT2D eigenvalue weighted by molar-refractivity contribution is -0.146. The molecule has 17 heavy (non-hydrogen) atoms. The Balaban J connectivity index is 0.00000256. The average molecular weight is 258 g/mol. The van der Waals surface area contributed by atoms with E-state index in [1.807, 2.05) is 44.2 Å². The predicted molar refractivity (Wildman–Crippen MR) is 71.2 cm³/mol. The molecule has 3 nitrogen and oxygen atoms in total. The molecule has 0 bridgehead atoms. The van der Waals surface area contributed by atoms with E-state index in [9.17, 15) is 4.79 Å². The fourth-order valence-corrected chi connectivity index (χ4v) is 1.31.